The number of fused-ring (bicyclic) bond motifs is 1. The zero-order valence-corrected chi connectivity index (χ0v) is 21.7. The molecule has 0 bridgehead atoms. The molecule has 0 spiro atoms. The maximum atomic E-state index is 11.8. The minimum Gasteiger partial charge on any atom is -0.490 e. The second kappa shape index (κ2) is 13.8. The molecule has 8 nitrogen and oxygen atoms in total. The van der Waals surface area contributed by atoms with Crippen molar-refractivity contribution in [3.63, 3.8) is 0 Å². The molecule has 3 aliphatic rings. The molecule has 33 heavy (non-hydrogen) atoms. The number of nitrogens with one attached hydrogen (secondary N) is 2. The van der Waals surface area contributed by atoms with E-state index < -0.39 is 0 Å². The molecule has 2 aliphatic heterocycles. The van der Waals surface area contributed by atoms with Crippen LogP contribution in [0.3, 0.4) is 0 Å². The number of nitrogens with zero attached hydrogens (tertiary/aromatic N) is 2. The number of hydrogen-bond donors (Lipinski definition) is 2. The smallest absolute Gasteiger partial charge is 0.222 e. The van der Waals surface area contributed by atoms with Crippen molar-refractivity contribution in [2.45, 2.75) is 44.9 Å². The van der Waals surface area contributed by atoms with E-state index in [-0.39, 0.29) is 29.9 Å². The second-order valence-corrected chi connectivity index (χ2v) is 8.70. The number of likely N-dealkylation sites (tertiary alicyclic amines) is 1. The maximum absolute atomic E-state index is 11.8. The van der Waals surface area contributed by atoms with E-state index in [1.807, 2.05) is 23.1 Å². The highest BCUT2D eigenvalue weighted by atomic mass is 127. The third-order valence-electron chi connectivity index (χ3n) is 5.85. The SMILES string of the molecule is I.O=C1CCCN1CCCN=C(NCCCOCC1CC1)Nc1ccc2c(c1)OCCCO2. The van der Waals surface area contributed by atoms with Crippen LogP contribution in [0.15, 0.2) is 23.2 Å². The van der Waals surface area contributed by atoms with Crippen molar-refractivity contribution < 1.29 is 19.0 Å². The first-order valence-corrected chi connectivity index (χ1v) is 12.1. The normalized spacial score (nSPS) is 18.0. The van der Waals surface area contributed by atoms with Crippen molar-refractivity contribution in [2.24, 2.45) is 10.9 Å². The van der Waals surface area contributed by atoms with Crippen LogP contribution in [0.25, 0.3) is 0 Å². The van der Waals surface area contributed by atoms with Gasteiger partial charge in [0.25, 0.3) is 0 Å². The summed E-state index contributed by atoms with van der Waals surface area (Å²) in [5.74, 6) is 3.33. The van der Waals surface area contributed by atoms with Gasteiger partial charge in [-0.25, -0.2) is 0 Å². The molecule has 0 radical (unpaired) electrons. The Morgan fingerprint density at radius 3 is 2.79 bits per heavy atom. The van der Waals surface area contributed by atoms with E-state index in [0.29, 0.717) is 26.2 Å². The first-order chi connectivity index (χ1) is 15.8. The summed E-state index contributed by atoms with van der Waals surface area (Å²) >= 11 is 0. The van der Waals surface area contributed by atoms with Gasteiger partial charge in [0.1, 0.15) is 0 Å². The zero-order valence-electron chi connectivity index (χ0n) is 19.4. The Kier molecular flexibility index (Phi) is 10.8. The minimum absolute atomic E-state index is 0. The van der Waals surface area contributed by atoms with Gasteiger partial charge in [-0.15, -0.1) is 24.0 Å². The molecule has 2 N–H and O–H groups in total. The lowest BCUT2D eigenvalue weighted by atomic mass is 10.2. The fourth-order valence-electron chi connectivity index (χ4n) is 3.83. The summed E-state index contributed by atoms with van der Waals surface area (Å²) in [7, 11) is 0. The van der Waals surface area contributed by atoms with Gasteiger partial charge in [0.15, 0.2) is 17.5 Å². The predicted octanol–water partition coefficient (Wildman–Crippen LogP) is 3.65. The molecule has 1 saturated carbocycles. The molecule has 184 valence electrons. The number of halogens is 1. The molecule has 9 heteroatoms. The van der Waals surface area contributed by atoms with Crippen LogP contribution in [0.1, 0.15) is 44.9 Å². The van der Waals surface area contributed by atoms with E-state index in [2.05, 4.69) is 10.6 Å². The molecular weight excluding hydrogens is 535 g/mol. The highest BCUT2D eigenvalue weighted by molar-refractivity contribution is 14.0. The van der Waals surface area contributed by atoms with Crippen LogP contribution >= 0.6 is 24.0 Å². The van der Waals surface area contributed by atoms with Crippen molar-refractivity contribution in [2.75, 3.05) is 57.9 Å². The standard InChI is InChI=1S/C24H36N4O4.HI/c29-23-5-1-12-28(23)13-2-10-25-24(26-11-3-14-30-18-19-6-7-19)27-20-8-9-21-22(17-20)32-16-4-15-31-21;/h8-9,17,19H,1-7,10-16,18H2,(H2,25,26,27);1H. The Bertz CT molecular complexity index is 788. The first kappa shape index (κ1) is 25.9. The molecule has 1 amide bonds. The Morgan fingerprint density at radius 2 is 2.00 bits per heavy atom. The van der Waals surface area contributed by atoms with Crippen LogP contribution in [-0.2, 0) is 9.53 Å². The van der Waals surface area contributed by atoms with E-state index in [9.17, 15) is 4.79 Å². The van der Waals surface area contributed by atoms with Crippen molar-refractivity contribution >= 4 is 41.5 Å². The van der Waals surface area contributed by atoms with Crippen molar-refractivity contribution in [1.82, 2.24) is 10.2 Å². The average molecular weight is 572 g/mol. The van der Waals surface area contributed by atoms with Crippen molar-refractivity contribution in [1.29, 1.82) is 0 Å². The van der Waals surface area contributed by atoms with Gasteiger partial charge in [0.2, 0.25) is 5.91 Å². The van der Waals surface area contributed by atoms with Gasteiger partial charge in [-0.05, 0) is 50.2 Å². The molecule has 1 aromatic carbocycles. The quantitative estimate of drug-likeness (QED) is 0.182. The number of guanidine groups is 1. The van der Waals surface area contributed by atoms with Crippen molar-refractivity contribution in [3.05, 3.63) is 18.2 Å². The van der Waals surface area contributed by atoms with Gasteiger partial charge in [-0.2, -0.15) is 0 Å². The number of hydrogen-bond acceptors (Lipinski definition) is 5. The molecule has 1 aromatic rings. The van der Waals surface area contributed by atoms with E-state index in [1.54, 1.807) is 0 Å². The fourth-order valence-corrected chi connectivity index (χ4v) is 3.83. The summed E-state index contributed by atoms with van der Waals surface area (Å²) in [4.78, 5) is 18.5. The van der Waals surface area contributed by atoms with Gasteiger partial charge in [-0.3, -0.25) is 9.79 Å². The largest absolute Gasteiger partial charge is 0.490 e. The first-order valence-electron chi connectivity index (χ1n) is 12.1. The van der Waals surface area contributed by atoms with Crippen molar-refractivity contribution in [3.8, 4) is 11.5 Å². The topological polar surface area (TPSA) is 84.4 Å². The number of carbonyl (C=O) groups is 1. The fraction of sp³-hybridized carbons (Fsp3) is 0.667. The maximum Gasteiger partial charge on any atom is 0.222 e. The van der Waals surface area contributed by atoms with Gasteiger partial charge in [0.05, 0.1) is 13.2 Å². The van der Waals surface area contributed by atoms with Crippen LogP contribution in [0.4, 0.5) is 5.69 Å². The minimum atomic E-state index is 0. The van der Waals surface area contributed by atoms with Gasteiger partial charge < -0.3 is 29.7 Å². The molecular formula is C24H37IN4O4. The summed E-state index contributed by atoms with van der Waals surface area (Å²) < 4.78 is 17.3. The highest BCUT2D eigenvalue weighted by Gasteiger charge is 2.21. The van der Waals surface area contributed by atoms with E-state index in [0.717, 1.165) is 87.6 Å². The summed E-state index contributed by atoms with van der Waals surface area (Å²) in [6, 6.07) is 5.87. The Morgan fingerprint density at radius 1 is 1.15 bits per heavy atom. The van der Waals surface area contributed by atoms with Crippen LogP contribution in [0.2, 0.25) is 0 Å². The van der Waals surface area contributed by atoms with Crippen LogP contribution in [0, 0.1) is 5.92 Å². The lowest BCUT2D eigenvalue weighted by molar-refractivity contribution is -0.127. The second-order valence-electron chi connectivity index (χ2n) is 8.70. The summed E-state index contributed by atoms with van der Waals surface area (Å²) in [5.41, 5.74) is 0.903. The van der Waals surface area contributed by atoms with E-state index >= 15 is 0 Å². The number of rotatable bonds is 11. The molecule has 4 rings (SSSR count). The summed E-state index contributed by atoms with van der Waals surface area (Å²) in [6.07, 6.45) is 6.96. The summed E-state index contributed by atoms with van der Waals surface area (Å²) in [5, 5.41) is 6.80. The number of anilines is 1. The van der Waals surface area contributed by atoms with E-state index in [1.165, 1.54) is 12.8 Å². The predicted molar refractivity (Wildman–Crippen MR) is 140 cm³/mol. The summed E-state index contributed by atoms with van der Waals surface area (Å²) in [6.45, 7) is 6.08. The lowest BCUT2D eigenvalue weighted by Crippen LogP contribution is -2.32. The van der Waals surface area contributed by atoms with Gasteiger partial charge >= 0.3 is 0 Å². The van der Waals surface area contributed by atoms with Crippen LogP contribution in [-0.4, -0.2) is 69.4 Å². The Hall–Kier alpha value is -1.75. The third-order valence-corrected chi connectivity index (χ3v) is 5.85. The van der Waals surface area contributed by atoms with Crippen LogP contribution in [0.5, 0.6) is 11.5 Å². The number of carbonyl (C=O) groups excluding carboxylic acids is 1. The number of ether oxygens (including phenoxy) is 3. The van der Waals surface area contributed by atoms with Gasteiger partial charge in [-0.1, -0.05) is 0 Å². The lowest BCUT2D eigenvalue weighted by Gasteiger charge is -2.16. The molecule has 2 heterocycles. The molecule has 0 atom stereocenters. The number of aliphatic imine (C=N–C) groups is 1. The molecule has 2 fully saturated rings. The van der Waals surface area contributed by atoms with Crippen LogP contribution < -0.4 is 20.1 Å². The monoisotopic (exact) mass is 572 g/mol. The van der Waals surface area contributed by atoms with E-state index in [4.69, 9.17) is 19.2 Å². The van der Waals surface area contributed by atoms with Gasteiger partial charge in [0, 0.05) is 64.0 Å². The zero-order chi connectivity index (χ0) is 22.0. The Balaban J connectivity index is 0.00000306. The molecule has 1 aliphatic carbocycles. The number of benzene rings is 1. The molecule has 0 unspecified atom stereocenters. The molecule has 0 aromatic heterocycles. The molecule has 1 saturated heterocycles. The highest BCUT2D eigenvalue weighted by Crippen LogP contribution is 2.32. The Labute approximate surface area is 213 Å². The third kappa shape index (κ3) is 8.84. The average Bonchev–Trinajstić information content (AvgIpc) is 3.57. The number of amides is 1.